The molecule has 1 fully saturated rings. The van der Waals surface area contributed by atoms with Crippen molar-refractivity contribution in [3.63, 3.8) is 0 Å². The predicted octanol–water partition coefficient (Wildman–Crippen LogP) is 3.43. The van der Waals surface area contributed by atoms with Crippen LogP contribution in [0.3, 0.4) is 0 Å². The summed E-state index contributed by atoms with van der Waals surface area (Å²) in [4.78, 5) is 30.3. The number of benzene rings is 1. The van der Waals surface area contributed by atoms with Gasteiger partial charge in [0, 0.05) is 36.3 Å². The average Bonchev–Trinajstić information content (AvgIpc) is 3.20. The quantitative estimate of drug-likeness (QED) is 0.583. The van der Waals surface area contributed by atoms with Gasteiger partial charge >= 0.3 is 0 Å². The first-order valence-corrected chi connectivity index (χ1v) is 9.91. The van der Waals surface area contributed by atoms with E-state index in [4.69, 9.17) is 0 Å². The second-order valence-corrected chi connectivity index (χ2v) is 7.50. The maximum absolute atomic E-state index is 14.0. The monoisotopic (exact) mass is 387 g/mol. The molecule has 0 atom stereocenters. The smallest absolute Gasteiger partial charge is 0.230 e. The molecule has 1 saturated heterocycles. The lowest BCUT2D eigenvalue weighted by Crippen LogP contribution is -2.25. The molecule has 0 unspecified atom stereocenters. The molecule has 3 rings (SSSR count). The summed E-state index contributed by atoms with van der Waals surface area (Å²) in [5, 5.41) is 2.85. The van der Waals surface area contributed by atoms with E-state index in [9.17, 15) is 14.0 Å². The molecule has 1 N–H and O–H groups in total. The molecule has 0 spiro atoms. The minimum absolute atomic E-state index is 0.112. The van der Waals surface area contributed by atoms with Crippen LogP contribution < -0.4 is 10.2 Å². The molecule has 0 radical (unpaired) electrons. The van der Waals surface area contributed by atoms with Crippen molar-refractivity contribution in [1.29, 1.82) is 0 Å². The molecule has 2 heterocycles. The number of nitrogens with one attached hydrogen (secondary N) is 1. The van der Waals surface area contributed by atoms with Gasteiger partial charge < -0.3 is 10.2 Å². The van der Waals surface area contributed by atoms with Crippen LogP contribution >= 0.6 is 11.8 Å². The molecule has 0 aliphatic carbocycles. The van der Waals surface area contributed by atoms with Gasteiger partial charge in [0.15, 0.2) is 5.78 Å². The summed E-state index contributed by atoms with van der Waals surface area (Å²) in [7, 11) is 0. The summed E-state index contributed by atoms with van der Waals surface area (Å²) in [5.74, 6) is 0.218. The summed E-state index contributed by atoms with van der Waals surface area (Å²) in [5.41, 5.74) is 1.31. The molecule has 142 valence electrons. The summed E-state index contributed by atoms with van der Waals surface area (Å²) in [6.07, 6.45) is 4.13. The molecule has 1 aliphatic rings. The second-order valence-electron chi connectivity index (χ2n) is 6.48. The number of carbonyl (C=O) groups excluding carboxylic acids is 2. The summed E-state index contributed by atoms with van der Waals surface area (Å²) in [6.45, 7) is 3.85. The molecule has 5 nitrogen and oxygen atoms in total. The van der Waals surface area contributed by atoms with Crippen LogP contribution in [0.5, 0.6) is 0 Å². The fourth-order valence-corrected chi connectivity index (χ4v) is 3.67. The number of Topliss-reactive ketones (excluding diaryl/α,β-unsaturated/α-hetero) is 1. The SMILES string of the molecule is CC(=O)c1ccc(SCC(=O)NCc2ccnc(N3CCCC3)c2)c(F)c1. The van der Waals surface area contributed by atoms with Gasteiger partial charge in [-0.1, -0.05) is 6.07 Å². The van der Waals surface area contributed by atoms with Gasteiger partial charge in [0.1, 0.15) is 11.6 Å². The zero-order valence-electron chi connectivity index (χ0n) is 15.2. The number of rotatable bonds is 7. The largest absolute Gasteiger partial charge is 0.357 e. The third kappa shape index (κ3) is 5.29. The van der Waals surface area contributed by atoms with Crippen molar-refractivity contribution in [3.8, 4) is 0 Å². The number of carbonyl (C=O) groups is 2. The molecular formula is C20H22FN3O2S. The number of halogens is 1. The Morgan fingerprint density at radius 1 is 1.22 bits per heavy atom. The Morgan fingerprint density at radius 2 is 2.00 bits per heavy atom. The first-order chi connectivity index (χ1) is 13.0. The van der Waals surface area contributed by atoms with Gasteiger partial charge in [0.2, 0.25) is 5.91 Å². The maximum Gasteiger partial charge on any atom is 0.230 e. The number of nitrogens with zero attached hydrogens (tertiary/aromatic N) is 2. The van der Waals surface area contributed by atoms with Crippen molar-refractivity contribution >= 4 is 29.3 Å². The average molecular weight is 387 g/mol. The zero-order valence-corrected chi connectivity index (χ0v) is 16.0. The van der Waals surface area contributed by atoms with Crippen LogP contribution in [-0.4, -0.2) is 35.5 Å². The number of anilines is 1. The number of thioether (sulfide) groups is 1. The first kappa shape index (κ1) is 19.4. The van der Waals surface area contributed by atoms with Crippen molar-refractivity contribution in [2.24, 2.45) is 0 Å². The highest BCUT2D eigenvalue weighted by molar-refractivity contribution is 8.00. The van der Waals surface area contributed by atoms with Crippen LogP contribution in [0, 0.1) is 5.82 Å². The summed E-state index contributed by atoms with van der Waals surface area (Å²) in [6, 6.07) is 8.20. The van der Waals surface area contributed by atoms with Gasteiger partial charge in [-0.25, -0.2) is 9.37 Å². The lowest BCUT2D eigenvalue weighted by atomic mass is 10.1. The summed E-state index contributed by atoms with van der Waals surface area (Å²) >= 11 is 1.12. The standard InChI is InChI=1S/C20H22FN3O2S/c1-14(25)16-4-5-18(17(21)11-16)27-13-20(26)23-12-15-6-7-22-19(10-15)24-8-2-3-9-24/h4-7,10-11H,2-3,8-9,12-13H2,1H3,(H,23,26). The normalized spacial score (nSPS) is 13.6. The molecule has 1 aromatic heterocycles. The molecule has 27 heavy (non-hydrogen) atoms. The Bertz CT molecular complexity index is 838. The number of amides is 1. The van der Waals surface area contributed by atoms with E-state index in [1.165, 1.54) is 31.9 Å². The molecule has 1 aliphatic heterocycles. The van der Waals surface area contributed by atoms with E-state index in [1.807, 2.05) is 12.1 Å². The maximum atomic E-state index is 14.0. The molecule has 2 aromatic rings. The molecule has 1 amide bonds. The predicted molar refractivity (Wildman–Crippen MR) is 105 cm³/mol. The third-order valence-electron chi connectivity index (χ3n) is 4.43. The van der Waals surface area contributed by atoms with E-state index in [0.717, 1.165) is 36.2 Å². The zero-order chi connectivity index (χ0) is 19.2. The summed E-state index contributed by atoms with van der Waals surface area (Å²) < 4.78 is 14.0. The van der Waals surface area contributed by atoms with Crippen LogP contribution in [0.4, 0.5) is 10.2 Å². The van der Waals surface area contributed by atoms with Crippen LogP contribution in [0.25, 0.3) is 0 Å². The second kappa shape index (κ2) is 8.99. The highest BCUT2D eigenvalue weighted by atomic mass is 32.2. The minimum atomic E-state index is -0.482. The number of pyridine rings is 1. The first-order valence-electron chi connectivity index (χ1n) is 8.93. The van der Waals surface area contributed by atoms with Crippen LogP contribution in [-0.2, 0) is 11.3 Å². The lowest BCUT2D eigenvalue weighted by molar-refractivity contribution is -0.118. The van der Waals surface area contributed by atoms with Crippen LogP contribution in [0.15, 0.2) is 41.4 Å². The third-order valence-corrected chi connectivity index (χ3v) is 5.48. The van der Waals surface area contributed by atoms with Crippen molar-refractivity contribution in [3.05, 3.63) is 53.5 Å². The molecule has 0 bridgehead atoms. The fourth-order valence-electron chi connectivity index (χ4n) is 2.92. The Labute approximate surface area is 162 Å². The highest BCUT2D eigenvalue weighted by Gasteiger charge is 2.14. The molecule has 1 aromatic carbocycles. The van der Waals surface area contributed by atoms with Crippen molar-refractivity contribution in [2.45, 2.75) is 31.2 Å². The van der Waals surface area contributed by atoms with Crippen LogP contribution in [0.2, 0.25) is 0 Å². The number of aromatic nitrogens is 1. The van der Waals surface area contributed by atoms with Gasteiger partial charge in [-0.15, -0.1) is 11.8 Å². The van der Waals surface area contributed by atoms with E-state index in [1.54, 1.807) is 12.3 Å². The number of hydrogen-bond donors (Lipinski definition) is 1. The lowest BCUT2D eigenvalue weighted by Gasteiger charge is -2.17. The minimum Gasteiger partial charge on any atom is -0.357 e. The van der Waals surface area contributed by atoms with Gasteiger partial charge in [-0.2, -0.15) is 0 Å². The fraction of sp³-hybridized carbons (Fsp3) is 0.350. The van der Waals surface area contributed by atoms with Gasteiger partial charge in [-0.05, 0) is 49.6 Å². The Morgan fingerprint density at radius 3 is 2.70 bits per heavy atom. The topological polar surface area (TPSA) is 62.3 Å². The van der Waals surface area contributed by atoms with Crippen molar-refractivity contribution in [1.82, 2.24) is 10.3 Å². The van der Waals surface area contributed by atoms with E-state index >= 15 is 0 Å². The van der Waals surface area contributed by atoms with Gasteiger partial charge in [0.05, 0.1) is 5.75 Å². The Balaban J connectivity index is 1.50. The molecule has 7 heteroatoms. The Kier molecular flexibility index (Phi) is 6.45. The number of ketones is 1. The number of hydrogen-bond acceptors (Lipinski definition) is 5. The highest BCUT2D eigenvalue weighted by Crippen LogP contribution is 2.23. The van der Waals surface area contributed by atoms with E-state index in [2.05, 4.69) is 15.2 Å². The van der Waals surface area contributed by atoms with Crippen LogP contribution in [0.1, 0.15) is 35.7 Å². The van der Waals surface area contributed by atoms with Gasteiger partial charge in [-0.3, -0.25) is 9.59 Å². The van der Waals surface area contributed by atoms with E-state index in [-0.39, 0.29) is 17.4 Å². The van der Waals surface area contributed by atoms with E-state index < -0.39 is 5.82 Å². The molecule has 0 saturated carbocycles. The molecular weight excluding hydrogens is 365 g/mol. The van der Waals surface area contributed by atoms with Gasteiger partial charge in [0.25, 0.3) is 0 Å². The van der Waals surface area contributed by atoms with Crippen molar-refractivity contribution in [2.75, 3.05) is 23.7 Å². The Hall–Kier alpha value is -2.41. The van der Waals surface area contributed by atoms with E-state index in [0.29, 0.717) is 17.0 Å². The van der Waals surface area contributed by atoms with Crippen molar-refractivity contribution < 1.29 is 14.0 Å².